The van der Waals surface area contributed by atoms with E-state index in [0.29, 0.717) is 17.9 Å². The number of rotatable bonds is 7. The maximum Gasteiger partial charge on any atom is 0.0850 e. The molecule has 0 bridgehead atoms. The van der Waals surface area contributed by atoms with Gasteiger partial charge in [-0.2, -0.15) is 5.10 Å². The molecule has 4 heteroatoms. The molecule has 19 heavy (non-hydrogen) atoms. The van der Waals surface area contributed by atoms with Crippen molar-refractivity contribution in [1.82, 2.24) is 15.1 Å². The highest BCUT2D eigenvalue weighted by Gasteiger charge is 2.23. The van der Waals surface area contributed by atoms with Gasteiger partial charge in [-0.25, -0.2) is 0 Å². The minimum absolute atomic E-state index is 0.434. The van der Waals surface area contributed by atoms with Gasteiger partial charge in [0.05, 0.1) is 16.4 Å². The van der Waals surface area contributed by atoms with Crippen molar-refractivity contribution in [2.45, 2.75) is 60.0 Å². The average Bonchev–Trinajstić information content (AvgIpc) is 2.71. The van der Waals surface area contributed by atoms with Gasteiger partial charge in [-0.1, -0.05) is 39.3 Å². The van der Waals surface area contributed by atoms with Crippen LogP contribution >= 0.6 is 11.6 Å². The second-order valence-electron chi connectivity index (χ2n) is 5.58. The smallest absolute Gasteiger partial charge is 0.0850 e. The summed E-state index contributed by atoms with van der Waals surface area (Å²) >= 11 is 6.48. The third kappa shape index (κ3) is 3.73. The van der Waals surface area contributed by atoms with Gasteiger partial charge in [-0.15, -0.1) is 0 Å². The van der Waals surface area contributed by atoms with Gasteiger partial charge in [0.15, 0.2) is 0 Å². The van der Waals surface area contributed by atoms with E-state index in [-0.39, 0.29) is 0 Å². The van der Waals surface area contributed by atoms with Crippen molar-refractivity contribution in [3.8, 4) is 0 Å². The Morgan fingerprint density at radius 2 is 1.89 bits per heavy atom. The molecule has 0 saturated carbocycles. The number of hydrogen-bond acceptors (Lipinski definition) is 2. The molecule has 0 aliphatic rings. The van der Waals surface area contributed by atoms with Crippen LogP contribution in [0.15, 0.2) is 0 Å². The minimum Gasteiger partial charge on any atom is -0.316 e. The Bertz CT molecular complexity index is 398. The molecule has 1 aromatic heterocycles. The molecule has 1 rings (SSSR count). The summed E-state index contributed by atoms with van der Waals surface area (Å²) in [5.41, 5.74) is 2.19. The molecule has 0 spiro atoms. The third-order valence-corrected chi connectivity index (χ3v) is 4.60. The fraction of sp³-hybridized carbons (Fsp3) is 0.800. The van der Waals surface area contributed by atoms with E-state index in [9.17, 15) is 0 Å². The predicted molar refractivity (Wildman–Crippen MR) is 82.8 cm³/mol. The Morgan fingerprint density at radius 1 is 1.26 bits per heavy atom. The van der Waals surface area contributed by atoms with E-state index in [2.05, 4.69) is 49.7 Å². The minimum atomic E-state index is 0.434. The first kappa shape index (κ1) is 16.5. The first-order chi connectivity index (χ1) is 8.96. The van der Waals surface area contributed by atoms with Crippen LogP contribution in [0, 0.1) is 11.8 Å². The maximum atomic E-state index is 6.48. The van der Waals surface area contributed by atoms with E-state index in [4.69, 9.17) is 11.6 Å². The van der Waals surface area contributed by atoms with Crippen molar-refractivity contribution in [2.75, 3.05) is 7.05 Å². The number of nitrogens with one attached hydrogen (secondary N) is 1. The zero-order chi connectivity index (χ0) is 14.6. The summed E-state index contributed by atoms with van der Waals surface area (Å²) < 4.78 is 2.05. The van der Waals surface area contributed by atoms with Gasteiger partial charge in [0.25, 0.3) is 0 Å². The third-order valence-electron chi connectivity index (χ3n) is 4.16. The monoisotopic (exact) mass is 285 g/mol. The van der Waals surface area contributed by atoms with E-state index in [0.717, 1.165) is 30.1 Å². The summed E-state index contributed by atoms with van der Waals surface area (Å²) in [6.07, 6.45) is 1.83. The molecule has 0 aromatic carbocycles. The van der Waals surface area contributed by atoms with E-state index in [1.807, 2.05) is 7.05 Å². The molecular formula is C15H28ClN3. The molecule has 2 atom stereocenters. The molecule has 0 radical (unpaired) electrons. The van der Waals surface area contributed by atoms with Crippen molar-refractivity contribution in [2.24, 2.45) is 11.8 Å². The van der Waals surface area contributed by atoms with Crippen LogP contribution in [-0.4, -0.2) is 22.9 Å². The highest BCUT2D eigenvalue weighted by atomic mass is 35.5. The molecule has 0 saturated heterocycles. The average molecular weight is 286 g/mol. The number of nitrogens with zero attached hydrogens (tertiary/aromatic N) is 2. The van der Waals surface area contributed by atoms with Gasteiger partial charge in [0, 0.05) is 19.0 Å². The molecule has 2 unspecified atom stereocenters. The number of hydrogen-bond donors (Lipinski definition) is 1. The highest BCUT2D eigenvalue weighted by Crippen LogP contribution is 2.25. The van der Waals surface area contributed by atoms with Crippen molar-refractivity contribution in [1.29, 1.82) is 0 Å². The van der Waals surface area contributed by atoms with Gasteiger partial charge < -0.3 is 5.32 Å². The Morgan fingerprint density at radius 3 is 2.32 bits per heavy atom. The molecule has 1 aromatic rings. The fourth-order valence-electron chi connectivity index (χ4n) is 2.44. The van der Waals surface area contributed by atoms with Crippen molar-refractivity contribution in [3.63, 3.8) is 0 Å². The lowest BCUT2D eigenvalue weighted by molar-refractivity contribution is 0.305. The summed E-state index contributed by atoms with van der Waals surface area (Å²) in [6.45, 7) is 11.9. The van der Waals surface area contributed by atoms with Gasteiger partial charge in [0.2, 0.25) is 0 Å². The van der Waals surface area contributed by atoms with Gasteiger partial charge in [0.1, 0.15) is 0 Å². The van der Waals surface area contributed by atoms with Crippen LogP contribution in [0.4, 0.5) is 0 Å². The van der Waals surface area contributed by atoms with Crippen LogP contribution in [0.2, 0.25) is 5.02 Å². The van der Waals surface area contributed by atoms with E-state index in [1.165, 1.54) is 5.69 Å². The molecule has 0 amide bonds. The molecular weight excluding hydrogens is 258 g/mol. The van der Waals surface area contributed by atoms with Crippen LogP contribution in [0.5, 0.6) is 0 Å². The number of aromatic nitrogens is 2. The van der Waals surface area contributed by atoms with Crippen molar-refractivity contribution >= 4 is 11.6 Å². The van der Waals surface area contributed by atoms with Crippen molar-refractivity contribution < 1.29 is 0 Å². The predicted octanol–water partition coefficient (Wildman–Crippen LogP) is 3.54. The number of likely N-dealkylation sites (N-methyl/N-ethyl adjacent to an activating group) is 1. The second kappa shape index (κ2) is 7.30. The SMILES string of the molecule is CCc1nn(CC)c(CC(NC)C(C)C(C)C)c1Cl. The Hall–Kier alpha value is -0.540. The van der Waals surface area contributed by atoms with Gasteiger partial charge in [-0.3, -0.25) is 4.68 Å². The normalized spacial score (nSPS) is 14.9. The molecule has 0 aliphatic carbocycles. The lowest BCUT2D eigenvalue weighted by atomic mass is 9.87. The Kier molecular flexibility index (Phi) is 6.34. The zero-order valence-corrected chi connectivity index (χ0v) is 13.9. The topological polar surface area (TPSA) is 29.9 Å². The summed E-state index contributed by atoms with van der Waals surface area (Å²) in [6, 6.07) is 0.434. The lowest BCUT2D eigenvalue weighted by Gasteiger charge is -2.27. The fourth-order valence-corrected chi connectivity index (χ4v) is 2.78. The highest BCUT2D eigenvalue weighted by molar-refractivity contribution is 6.31. The van der Waals surface area contributed by atoms with Gasteiger partial charge in [-0.05, 0) is 32.2 Å². The maximum absolute atomic E-state index is 6.48. The molecule has 1 N–H and O–H groups in total. The molecule has 1 heterocycles. The van der Waals surface area contributed by atoms with Crippen LogP contribution in [0.3, 0.4) is 0 Å². The zero-order valence-electron chi connectivity index (χ0n) is 13.1. The molecule has 110 valence electrons. The summed E-state index contributed by atoms with van der Waals surface area (Å²) in [4.78, 5) is 0. The quantitative estimate of drug-likeness (QED) is 0.830. The van der Waals surface area contributed by atoms with Crippen LogP contribution in [0.25, 0.3) is 0 Å². The molecule has 0 aliphatic heterocycles. The summed E-state index contributed by atoms with van der Waals surface area (Å²) in [5.74, 6) is 1.26. The van der Waals surface area contributed by atoms with E-state index >= 15 is 0 Å². The first-order valence-corrected chi connectivity index (χ1v) is 7.75. The number of halogens is 1. The summed E-state index contributed by atoms with van der Waals surface area (Å²) in [7, 11) is 2.03. The largest absolute Gasteiger partial charge is 0.316 e. The Labute approximate surface area is 122 Å². The van der Waals surface area contributed by atoms with Gasteiger partial charge >= 0.3 is 0 Å². The second-order valence-corrected chi connectivity index (χ2v) is 5.96. The first-order valence-electron chi connectivity index (χ1n) is 7.37. The van der Waals surface area contributed by atoms with Crippen molar-refractivity contribution in [3.05, 3.63) is 16.4 Å². The molecule has 3 nitrogen and oxygen atoms in total. The van der Waals surface area contributed by atoms with Crippen LogP contribution < -0.4 is 5.32 Å². The van der Waals surface area contributed by atoms with Crippen LogP contribution in [0.1, 0.15) is 46.0 Å². The lowest BCUT2D eigenvalue weighted by Crippen LogP contribution is -2.37. The standard InChI is InChI=1S/C15H28ClN3/c1-7-12-15(16)14(19(8-2)18-12)9-13(17-6)11(5)10(3)4/h10-11,13,17H,7-9H2,1-6H3. The van der Waals surface area contributed by atoms with E-state index < -0.39 is 0 Å². The van der Waals surface area contributed by atoms with E-state index in [1.54, 1.807) is 0 Å². The molecule has 0 fully saturated rings. The van der Waals surface area contributed by atoms with Crippen LogP contribution in [-0.2, 0) is 19.4 Å². The summed E-state index contributed by atoms with van der Waals surface area (Å²) in [5, 5.41) is 8.89. The number of aryl methyl sites for hydroxylation is 2. The Balaban J connectivity index is 2.99.